The molecule has 8 nitrogen and oxygen atoms in total. The van der Waals surface area contributed by atoms with Gasteiger partial charge in [-0.3, -0.25) is 4.79 Å². The van der Waals surface area contributed by atoms with Crippen LogP contribution in [0.5, 0.6) is 5.75 Å². The zero-order valence-electron chi connectivity index (χ0n) is 17.6. The molecule has 30 heavy (non-hydrogen) atoms. The number of sulfonamides is 1. The number of rotatable bonds is 7. The number of methoxy groups -OCH3 is 1. The molecule has 0 bridgehead atoms. The average molecular weight is 435 g/mol. The predicted octanol–water partition coefficient (Wildman–Crippen LogP) is 2.96. The van der Waals surface area contributed by atoms with Crippen molar-refractivity contribution in [1.29, 1.82) is 0 Å². The van der Waals surface area contributed by atoms with Crippen molar-refractivity contribution in [2.45, 2.75) is 44.6 Å². The Morgan fingerprint density at radius 2 is 1.77 bits per heavy atom. The first-order valence-corrected chi connectivity index (χ1v) is 10.8. The molecule has 0 aromatic heterocycles. The number of para-hydroxylation sites is 1. The lowest BCUT2D eigenvalue weighted by atomic mass is 9.98. The average Bonchev–Trinajstić information content (AvgIpc) is 2.67. The molecule has 0 fully saturated rings. The van der Waals surface area contributed by atoms with E-state index in [1.54, 1.807) is 0 Å². The third-order valence-electron chi connectivity index (χ3n) is 4.55. The first-order chi connectivity index (χ1) is 14.0. The van der Waals surface area contributed by atoms with Crippen molar-refractivity contribution in [1.82, 2.24) is 0 Å². The Hall–Kier alpha value is -2.91. The van der Waals surface area contributed by atoms with Gasteiger partial charge in [0.15, 0.2) is 6.10 Å². The quantitative estimate of drug-likeness (QED) is 0.646. The fraction of sp³-hybridized carbons (Fsp3) is 0.333. The molecule has 0 aliphatic rings. The van der Waals surface area contributed by atoms with E-state index in [9.17, 15) is 18.0 Å². The molecule has 2 aromatic carbocycles. The van der Waals surface area contributed by atoms with Gasteiger partial charge in [0, 0.05) is 5.69 Å². The Labute approximate surface area is 176 Å². The fourth-order valence-electron chi connectivity index (χ4n) is 2.87. The normalized spacial score (nSPS) is 12.4. The highest BCUT2D eigenvalue weighted by Crippen LogP contribution is 2.28. The van der Waals surface area contributed by atoms with Gasteiger partial charge in [-0.1, -0.05) is 32.0 Å². The third-order valence-corrected chi connectivity index (χ3v) is 5.46. The van der Waals surface area contributed by atoms with Crippen molar-refractivity contribution in [3.63, 3.8) is 0 Å². The van der Waals surface area contributed by atoms with Crippen LogP contribution in [0.2, 0.25) is 0 Å². The number of benzene rings is 2. The zero-order valence-corrected chi connectivity index (χ0v) is 18.4. The van der Waals surface area contributed by atoms with Crippen molar-refractivity contribution in [3.05, 3.63) is 53.1 Å². The number of hydrogen-bond donors (Lipinski definition) is 2. The Balaban J connectivity index is 2.24. The lowest BCUT2D eigenvalue weighted by Gasteiger charge is -2.19. The fourth-order valence-corrected chi connectivity index (χ4v) is 3.41. The summed E-state index contributed by atoms with van der Waals surface area (Å²) < 4.78 is 33.5. The first kappa shape index (κ1) is 23.4. The van der Waals surface area contributed by atoms with Crippen LogP contribution in [0.3, 0.4) is 0 Å². The molecule has 0 aliphatic heterocycles. The number of anilines is 1. The van der Waals surface area contributed by atoms with Crippen LogP contribution in [-0.2, 0) is 19.6 Å². The summed E-state index contributed by atoms with van der Waals surface area (Å²) in [7, 11) is -2.71. The summed E-state index contributed by atoms with van der Waals surface area (Å²) in [5.74, 6) is -1.14. The summed E-state index contributed by atoms with van der Waals surface area (Å²) in [5.41, 5.74) is 2.37. The zero-order chi connectivity index (χ0) is 22.6. The number of esters is 1. The molecule has 1 unspecified atom stereocenters. The molecule has 1 amide bonds. The summed E-state index contributed by atoms with van der Waals surface area (Å²) in [6, 6.07) is 9.28. The molecule has 0 spiro atoms. The van der Waals surface area contributed by atoms with Gasteiger partial charge in [0.1, 0.15) is 11.3 Å². The van der Waals surface area contributed by atoms with Gasteiger partial charge in [0.2, 0.25) is 10.0 Å². The molecule has 9 heteroatoms. The Kier molecular flexibility index (Phi) is 7.22. The van der Waals surface area contributed by atoms with Crippen molar-refractivity contribution >= 4 is 27.6 Å². The lowest BCUT2D eigenvalue weighted by Crippen LogP contribution is -2.31. The molecular formula is C21H26N2O6S. The molecule has 0 saturated heterocycles. The highest BCUT2D eigenvalue weighted by molar-refractivity contribution is 7.89. The number of primary sulfonamides is 1. The van der Waals surface area contributed by atoms with Crippen LogP contribution in [0.4, 0.5) is 5.69 Å². The molecule has 0 heterocycles. The maximum Gasteiger partial charge on any atom is 0.342 e. The minimum atomic E-state index is -4.03. The molecule has 0 saturated carbocycles. The molecular weight excluding hydrogens is 408 g/mol. The van der Waals surface area contributed by atoms with Crippen LogP contribution in [0.15, 0.2) is 41.3 Å². The van der Waals surface area contributed by atoms with Gasteiger partial charge in [0.05, 0.1) is 12.0 Å². The van der Waals surface area contributed by atoms with E-state index in [1.807, 2.05) is 39.0 Å². The summed E-state index contributed by atoms with van der Waals surface area (Å²) >= 11 is 0. The summed E-state index contributed by atoms with van der Waals surface area (Å²) in [4.78, 5) is 25.0. The van der Waals surface area contributed by atoms with E-state index in [0.29, 0.717) is 5.69 Å². The van der Waals surface area contributed by atoms with E-state index in [-0.39, 0.29) is 22.1 Å². The molecule has 0 radical (unpaired) electrons. The van der Waals surface area contributed by atoms with Gasteiger partial charge < -0.3 is 14.8 Å². The van der Waals surface area contributed by atoms with Crippen LogP contribution < -0.4 is 15.2 Å². The third kappa shape index (κ3) is 5.37. The second-order valence-corrected chi connectivity index (χ2v) is 8.70. The number of hydrogen-bond acceptors (Lipinski definition) is 6. The van der Waals surface area contributed by atoms with Crippen LogP contribution in [0, 0.1) is 6.92 Å². The van der Waals surface area contributed by atoms with Crippen molar-refractivity contribution in [2.24, 2.45) is 5.14 Å². The molecule has 1 atom stereocenters. The maximum atomic E-state index is 12.7. The van der Waals surface area contributed by atoms with Crippen LogP contribution >= 0.6 is 0 Å². The summed E-state index contributed by atoms with van der Waals surface area (Å²) in [6.45, 7) is 7.33. The number of aryl methyl sites for hydroxylation is 1. The Bertz CT molecular complexity index is 1060. The number of ether oxygens (including phenoxy) is 2. The van der Waals surface area contributed by atoms with E-state index in [0.717, 1.165) is 17.2 Å². The second kappa shape index (κ2) is 9.27. The number of amides is 1. The molecule has 2 rings (SSSR count). The number of nitrogens with one attached hydrogen (secondary N) is 1. The molecule has 3 N–H and O–H groups in total. The molecule has 0 aliphatic carbocycles. The molecule has 2 aromatic rings. The van der Waals surface area contributed by atoms with Gasteiger partial charge in [-0.15, -0.1) is 0 Å². The predicted molar refractivity (Wildman–Crippen MR) is 113 cm³/mol. The van der Waals surface area contributed by atoms with E-state index in [2.05, 4.69) is 5.32 Å². The number of carbonyl (C=O) groups is 2. The van der Waals surface area contributed by atoms with E-state index in [1.165, 1.54) is 26.2 Å². The van der Waals surface area contributed by atoms with Crippen LogP contribution in [0.1, 0.15) is 48.2 Å². The van der Waals surface area contributed by atoms with E-state index in [4.69, 9.17) is 14.6 Å². The van der Waals surface area contributed by atoms with E-state index >= 15 is 0 Å². The highest BCUT2D eigenvalue weighted by atomic mass is 32.2. The van der Waals surface area contributed by atoms with Crippen LogP contribution in [-0.4, -0.2) is 33.5 Å². The smallest absolute Gasteiger partial charge is 0.342 e. The standard InChI is InChI=1S/C21H26N2O6S/c1-12(2)16-8-6-7-13(3)19(16)23-20(24)14(4)29-21(25)17-11-15(30(22,26)27)9-10-18(17)28-5/h6-12,14H,1-5H3,(H,23,24)(H2,22,26,27). The van der Waals surface area contributed by atoms with Crippen LogP contribution in [0.25, 0.3) is 0 Å². The van der Waals surface area contributed by atoms with E-state index < -0.39 is 28.0 Å². The SMILES string of the molecule is COc1ccc(S(N)(=O)=O)cc1C(=O)OC(C)C(=O)Nc1c(C)cccc1C(C)C. The highest BCUT2D eigenvalue weighted by Gasteiger charge is 2.24. The van der Waals surface area contributed by atoms with Gasteiger partial charge >= 0.3 is 5.97 Å². The number of carbonyl (C=O) groups excluding carboxylic acids is 2. The summed E-state index contributed by atoms with van der Waals surface area (Å²) in [5, 5.41) is 7.94. The second-order valence-electron chi connectivity index (χ2n) is 7.14. The minimum absolute atomic E-state index is 0.0982. The van der Waals surface area contributed by atoms with Crippen molar-refractivity contribution in [3.8, 4) is 5.75 Å². The van der Waals surface area contributed by atoms with Crippen molar-refractivity contribution in [2.75, 3.05) is 12.4 Å². The van der Waals surface area contributed by atoms with Gasteiger partial charge in [0.25, 0.3) is 5.91 Å². The maximum absolute atomic E-state index is 12.7. The minimum Gasteiger partial charge on any atom is -0.496 e. The summed E-state index contributed by atoms with van der Waals surface area (Å²) in [6.07, 6.45) is -1.14. The molecule has 162 valence electrons. The topological polar surface area (TPSA) is 125 Å². The van der Waals surface area contributed by atoms with Gasteiger partial charge in [-0.05, 0) is 49.1 Å². The van der Waals surface area contributed by atoms with Crippen molar-refractivity contribution < 1.29 is 27.5 Å². The monoisotopic (exact) mass is 434 g/mol. The first-order valence-electron chi connectivity index (χ1n) is 9.28. The number of nitrogens with two attached hydrogens (primary N) is 1. The van der Waals surface area contributed by atoms with Gasteiger partial charge in [-0.25, -0.2) is 18.4 Å². The Morgan fingerprint density at radius 1 is 1.10 bits per heavy atom. The van der Waals surface area contributed by atoms with Gasteiger partial charge in [-0.2, -0.15) is 0 Å². The Morgan fingerprint density at radius 3 is 2.33 bits per heavy atom. The lowest BCUT2D eigenvalue weighted by molar-refractivity contribution is -0.123. The largest absolute Gasteiger partial charge is 0.496 e.